The zero-order valence-electron chi connectivity index (χ0n) is 11.7. The van der Waals surface area contributed by atoms with E-state index in [2.05, 4.69) is 5.32 Å². The first kappa shape index (κ1) is 15.3. The first-order valence-corrected chi connectivity index (χ1v) is 6.68. The quantitative estimate of drug-likeness (QED) is 0.857. The van der Waals surface area contributed by atoms with Crippen molar-refractivity contribution in [3.8, 4) is 5.75 Å². The molecule has 0 amide bonds. The molecule has 0 fully saturated rings. The molecule has 112 valence electrons. The van der Waals surface area contributed by atoms with E-state index < -0.39 is 11.6 Å². The summed E-state index contributed by atoms with van der Waals surface area (Å²) in [5.41, 5.74) is 1.75. The molecule has 0 heterocycles. The maximum atomic E-state index is 13.5. The molecule has 0 bridgehead atoms. The number of anilines is 1. The van der Waals surface area contributed by atoms with Crippen LogP contribution in [0.15, 0.2) is 36.4 Å². The van der Waals surface area contributed by atoms with Crippen LogP contribution >= 0.6 is 0 Å². The fraction of sp³-hybridized carbons (Fsp3) is 0.250. The van der Waals surface area contributed by atoms with Gasteiger partial charge >= 0.3 is 0 Å². The lowest BCUT2D eigenvalue weighted by Gasteiger charge is -2.12. The molecule has 2 rings (SSSR count). The summed E-state index contributed by atoms with van der Waals surface area (Å²) in [5, 5.41) is 12.4. The number of aliphatic hydroxyl groups is 1. The number of ether oxygens (including phenoxy) is 1. The van der Waals surface area contributed by atoms with Gasteiger partial charge in [-0.05, 0) is 31.2 Å². The Morgan fingerprint density at radius 1 is 1.10 bits per heavy atom. The lowest BCUT2D eigenvalue weighted by molar-refractivity contribution is 0.267. The summed E-state index contributed by atoms with van der Waals surface area (Å²) in [5.74, 6) is -0.561. The molecular formula is C16H17F2NO2. The molecule has 2 aromatic rings. The SMILES string of the molecule is CCOc1ccc(NCc2ccc(F)cc2F)cc1CO. The summed E-state index contributed by atoms with van der Waals surface area (Å²) in [6, 6.07) is 8.75. The van der Waals surface area contributed by atoms with Gasteiger partial charge < -0.3 is 15.2 Å². The summed E-state index contributed by atoms with van der Waals surface area (Å²) in [7, 11) is 0. The van der Waals surface area contributed by atoms with Crippen LogP contribution in [0, 0.1) is 11.6 Å². The Labute approximate surface area is 122 Å². The van der Waals surface area contributed by atoms with E-state index in [1.54, 1.807) is 18.2 Å². The monoisotopic (exact) mass is 293 g/mol. The molecule has 0 aliphatic heterocycles. The minimum absolute atomic E-state index is 0.143. The van der Waals surface area contributed by atoms with E-state index >= 15 is 0 Å². The second-order valence-corrected chi connectivity index (χ2v) is 4.50. The van der Waals surface area contributed by atoms with Gasteiger partial charge in [-0.3, -0.25) is 0 Å². The number of aliphatic hydroxyl groups excluding tert-OH is 1. The van der Waals surface area contributed by atoms with E-state index in [9.17, 15) is 13.9 Å². The summed E-state index contributed by atoms with van der Waals surface area (Å²) < 4.78 is 31.7. The van der Waals surface area contributed by atoms with Crippen LogP contribution in [-0.2, 0) is 13.2 Å². The molecule has 0 unspecified atom stereocenters. The van der Waals surface area contributed by atoms with Crippen molar-refractivity contribution < 1.29 is 18.6 Å². The molecule has 0 aromatic heterocycles. The van der Waals surface area contributed by atoms with Crippen LogP contribution in [0.1, 0.15) is 18.1 Å². The second kappa shape index (κ2) is 7.04. The van der Waals surface area contributed by atoms with Crippen LogP contribution in [0.5, 0.6) is 5.75 Å². The van der Waals surface area contributed by atoms with E-state index in [-0.39, 0.29) is 13.2 Å². The third-order valence-electron chi connectivity index (χ3n) is 3.03. The maximum absolute atomic E-state index is 13.5. The average molecular weight is 293 g/mol. The zero-order chi connectivity index (χ0) is 15.2. The second-order valence-electron chi connectivity index (χ2n) is 4.50. The largest absolute Gasteiger partial charge is 0.494 e. The first-order chi connectivity index (χ1) is 10.1. The number of nitrogens with one attached hydrogen (secondary N) is 1. The van der Waals surface area contributed by atoms with E-state index in [1.165, 1.54) is 12.1 Å². The third-order valence-corrected chi connectivity index (χ3v) is 3.03. The maximum Gasteiger partial charge on any atom is 0.131 e. The molecule has 3 nitrogen and oxygen atoms in total. The van der Waals surface area contributed by atoms with E-state index in [1.807, 2.05) is 6.92 Å². The number of benzene rings is 2. The number of halogens is 2. The summed E-state index contributed by atoms with van der Waals surface area (Å²) >= 11 is 0. The van der Waals surface area contributed by atoms with Gasteiger partial charge in [0.05, 0.1) is 13.2 Å². The molecular weight excluding hydrogens is 276 g/mol. The number of rotatable bonds is 6. The Bertz CT molecular complexity index is 617. The number of hydrogen-bond donors (Lipinski definition) is 2. The molecule has 0 aliphatic rings. The van der Waals surface area contributed by atoms with Crippen LogP contribution in [0.2, 0.25) is 0 Å². The summed E-state index contributed by atoms with van der Waals surface area (Å²) in [4.78, 5) is 0. The molecule has 0 atom stereocenters. The highest BCUT2D eigenvalue weighted by Crippen LogP contribution is 2.23. The molecule has 0 spiro atoms. The Balaban J connectivity index is 2.09. The molecule has 0 radical (unpaired) electrons. The highest BCUT2D eigenvalue weighted by Gasteiger charge is 2.06. The predicted molar refractivity (Wildman–Crippen MR) is 77.2 cm³/mol. The minimum Gasteiger partial charge on any atom is -0.494 e. The highest BCUT2D eigenvalue weighted by atomic mass is 19.1. The normalized spacial score (nSPS) is 10.5. The molecule has 5 heteroatoms. The van der Waals surface area contributed by atoms with Gasteiger partial charge in [0.15, 0.2) is 0 Å². The lowest BCUT2D eigenvalue weighted by atomic mass is 10.1. The zero-order valence-corrected chi connectivity index (χ0v) is 11.7. The molecule has 2 aromatic carbocycles. The molecule has 0 saturated heterocycles. The average Bonchev–Trinajstić information content (AvgIpc) is 2.47. The van der Waals surface area contributed by atoms with Gasteiger partial charge in [-0.2, -0.15) is 0 Å². The van der Waals surface area contributed by atoms with E-state index in [4.69, 9.17) is 4.74 Å². The van der Waals surface area contributed by atoms with Gasteiger partial charge in [0, 0.05) is 29.4 Å². The Morgan fingerprint density at radius 2 is 1.90 bits per heavy atom. The van der Waals surface area contributed by atoms with Crippen molar-refractivity contribution in [2.75, 3.05) is 11.9 Å². The van der Waals surface area contributed by atoms with Gasteiger partial charge in [0.25, 0.3) is 0 Å². The highest BCUT2D eigenvalue weighted by molar-refractivity contribution is 5.51. The van der Waals surface area contributed by atoms with Crippen molar-refractivity contribution in [1.29, 1.82) is 0 Å². The van der Waals surface area contributed by atoms with Gasteiger partial charge in [-0.1, -0.05) is 6.07 Å². The minimum atomic E-state index is -0.597. The van der Waals surface area contributed by atoms with Gasteiger partial charge in [0.2, 0.25) is 0 Å². The van der Waals surface area contributed by atoms with Crippen molar-refractivity contribution in [2.24, 2.45) is 0 Å². The summed E-state index contributed by atoms with van der Waals surface area (Å²) in [6.45, 7) is 2.46. The van der Waals surface area contributed by atoms with Crippen LogP contribution < -0.4 is 10.1 Å². The molecule has 0 aliphatic carbocycles. The third kappa shape index (κ3) is 3.92. The molecule has 0 saturated carbocycles. The van der Waals surface area contributed by atoms with Crippen LogP contribution in [-0.4, -0.2) is 11.7 Å². The Kier molecular flexibility index (Phi) is 5.11. The Morgan fingerprint density at radius 3 is 2.57 bits per heavy atom. The van der Waals surface area contributed by atoms with Crippen molar-refractivity contribution in [1.82, 2.24) is 0 Å². The van der Waals surface area contributed by atoms with Gasteiger partial charge in [0.1, 0.15) is 17.4 Å². The van der Waals surface area contributed by atoms with E-state index in [0.717, 1.165) is 11.8 Å². The topological polar surface area (TPSA) is 41.5 Å². The predicted octanol–water partition coefficient (Wildman–Crippen LogP) is 3.47. The standard InChI is InChI=1S/C16H17F2NO2/c1-2-21-16-6-5-14(7-12(16)10-20)19-9-11-3-4-13(17)8-15(11)18/h3-8,19-20H,2,9-10H2,1H3. The van der Waals surface area contributed by atoms with Gasteiger partial charge in [-0.15, -0.1) is 0 Å². The summed E-state index contributed by atoms with van der Waals surface area (Å²) in [6.07, 6.45) is 0. The van der Waals surface area contributed by atoms with Crippen LogP contribution in [0.25, 0.3) is 0 Å². The fourth-order valence-electron chi connectivity index (χ4n) is 1.97. The molecule has 2 N–H and O–H groups in total. The van der Waals surface area contributed by atoms with Gasteiger partial charge in [-0.25, -0.2) is 8.78 Å². The Hall–Kier alpha value is -2.14. The van der Waals surface area contributed by atoms with Crippen molar-refractivity contribution in [2.45, 2.75) is 20.1 Å². The van der Waals surface area contributed by atoms with Crippen molar-refractivity contribution >= 4 is 5.69 Å². The smallest absolute Gasteiger partial charge is 0.131 e. The van der Waals surface area contributed by atoms with Crippen LogP contribution in [0.3, 0.4) is 0 Å². The number of hydrogen-bond acceptors (Lipinski definition) is 3. The van der Waals surface area contributed by atoms with Crippen molar-refractivity contribution in [3.63, 3.8) is 0 Å². The molecule has 21 heavy (non-hydrogen) atoms. The lowest BCUT2D eigenvalue weighted by Crippen LogP contribution is -2.03. The van der Waals surface area contributed by atoms with Crippen molar-refractivity contribution in [3.05, 3.63) is 59.2 Å². The fourth-order valence-corrected chi connectivity index (χ4v) is 1.97. The van der Waals surface area contributed by atoms with E-state index in [0.29, 0.717) is 23.5 Å². The van der Waals surface area contributed by atoms with Crippen LogP contribution in [0.4, 0.5) is 14.5 Å². The first-order valence-electron chi connectivity index (χ1n) is 6.68.